The Labute approximate surface area is 168 Å². The van der Waals surface area contributed by atoms with Crippen LogP contribution in [-0.4, -0.2) is 29.4 Å². The normalized spacial score (nSPS) is 37.2. The Morgan fingerprint density at radius 1 is 1.18 bits per heavy atom. The average Bonchev–Trinajstić information content (AvgIpc) is 3.00. The highest BCUT2D eigenvalue weighted by Gasteiger charge is 2.54. The molecule has 0 N–H and O–H groups in total. The van der Waals surface area contributed by atoms with Crippen LogP contribution in [0.3, 0.4) is 0 Å². The van der Waals surface area contributed by atoms with Crippen LogP contribution in [0, 0.1) is 22.7 Å². The average molecular weight is 375 g/mol. The van der Waals surface area contributed by atoms with Gasteiger partial charge in [0, 0.05) is 37.5 Å². The van der Waals surface area contributed by atoms with E-state index < -0.39 is 0 Å². The van der Waals surface area contributed by atoms with Crippen LogP contribution in [0.15, 0.2) is 53.9 Å². The van der Waals surface area contributed by atoms with Gasteiger partial charge in [0.1, 0.15) is 0 Å². The third kappa shape index (κ3) is 2.41. The van der Waals surface area contributed by atoms with Crippen LogP contribution >= 0.6 is 0 Å². The summed E-state index contributed by atoms with van der Waals surface area (Å²) in [6.45, 7) is 5.75. The summed E-state index contributed by atoms with van der Waals surface area (Å²) in [6, 6.07) is 4.24. The van der Waals surface area contributed by atoms with Crippen LogP contribution in [0.1, 0.15) is 51.5 Å². The molecule has 2 heterocycles. The molecule has 0 saturated heterocycles. The first-order valence-electron chi connectivity index (χ1n) is 10.7. The lowest BCUT2D eigenvalue weighted by atomic mass is 9.49. The number of fused-ring (bicyclic) bond motifs is 5. The molecule has 4 aliphatic rings. The number of allylic oxidation sites excluding steroid dienone is 5. The number of hydrogen-bond donors (Lipinski definition) is 0. The van der Waals surface area contributed by atoms with Crippen LogP contribution in [0.4, 0.5) is 0 Å². The predicted octanol–water partition coefficient (Wildman–Crippen LogP) is 5.03. The van der Waals surface area contributed by atoms with E-state index in [1.807, 2.05) is 36.5 Å². The van der Waals surface area contributed by atoms with Crippen molar-refractivity contribution in [1.82, 2.24) is 9.88 Å². The Morgan fingerprint density at radius 2 is 2.04 bits per heavy atom. The number of aromatic nitrogens is 1. The van der Waals surface area contributed by atoms with Crippen molar-refractivity contribution in [2.45, 2.75) is 46.0 Å². The van der Waals surface area contributed by atoms with E-state index in [1.54, 1.807) is 5.57 Å². The smallest absolute Gasteiger partial charge is 0.246 e. The van der Waals surface area contributed by atoms with Gasteiger partial charge in [-0.05, 0) is 66.6 Å². The van der Waals surface area contributed by atoms with Gasteiger partial charge in [-0.25, -0.2) is 0 Å². The molecule has 1 aromatic rings. The van der Waals surface area contributed by atoms with Crippen LogP contribution in [-0.2, 0) is 4.79 Å². The maximum absolute atomic E-state index is 12.4. The Balaban J connectivity index is 1.49. The van der Waals surface area contributed by atoms with Crippen molar-refractivity contribution < 1.29 is 4.79 Å². The molecular weight excluding hydrogens is 344 g/mol. The van der Waals surface area contributed by atoms with Crippen LogP contribution < -0.4 is 0 Å². The van der Waals surface area contributed by atoms with E-state index in [1.165, 1.54) is 36.0 Å². The van der Waals surface area contributed by atoms with Crippen molar-refractivity contribution in [2.24, 2.45) is 22.7 Å². The molecule has 5 rings (SSSR count). The minimum absolute atomic E-state index is 0.138. The quantitative estimate of drug-likeness (QED) is 0.691. The van der Waals surface area contributed by atoms with E-state index in [0.29, 0.717) is 11.8 Å². The number of hydrogen-bond acceptors (Lipinski definition) is 2. The predicted molar refractivity (Wildman–Crippen MR) is 112 cm³/mol. The Bertz CT molecular complexity index is 912. The molecule has 1 aliphatic heterocycles. The number of likely N-dealkylation sites (N-methyl/N-ethyl adjacent to an activating group) is 1. The lowest BCUT2D eigenvalue weighted by Gasteiger charge is -2.55. The molecule has 2 saturated carbocycles. The van der Waals surface area contributed by atoms with E-state index in [0.717, 1.165) is 19.4 Å². The Kier molecular flexibility index (Phi) is 3.94. The molecule has 4 unspecified atom stereocenters. The van der Waals surface area contributed by atoms with Gasteiger partial charge in [-0.1, -0.05) is 43.2 Å². The van der Waals surface area contributed by atoms with Crippen molar-refractivity contribution in [2.75, 3.05) is 13.6 Å². The first kappa shape index (κ1) is 17.9. The third-order valence-electron chi connectivity index (χ3n) is 8.39. The van der Waals surface area contributed by atoms with Crippen molar-refractivity contribution in [3.8, 4) is 0 Å². The van der Waals surface area contributed by atoms with Gasteiger partial charge in [-0.15, -0.1) is 0 Å². The highest BCUT2D eigenvalue weighted by atomic mass is 16.2. The molecular formula is C25H30N2O. The van der Waals surface area contributed by atoms with E-state index in [9.17, 15) is 4.79 Å². The van der Waals surface area contributed by atoms with Gasteiger partial charge in [0.25, 0.3) is 0 Å². The second-order valence-corrected chi connectivity index (χ2v) is 9.66. The van der Waals surface area contributed by atoms with Crippen LogP contribution in [0.5, 0.6) is 0 Å². The van der Waals surface area contributed by atoms with Gasteiger partial charge in [0.05, 0.1) is 0 Å². The summed E-state index contributed by atoms with van der Waals surface area (Å²) < 4.78 is 0. The van der Waals surface area contributed by atoms with Crippen molar-refractivity contribution >= 4 is 11.5 Å². The molecule has 3 heteroatoms. The van der Waals surface area contributed by atoms with Crippen molar-refractivity contribution in [1.29, 1.82) is 0 Å². The monoisotopic (exact) mass is 374 g/mol. The molecule has 1 aromatic heterocycles. The van der Waals surface area contributed by atoms with Gasteiger partial charge in [-0.2, -0.15) is 0 Å². The topological polar surface area (TPSA) is 33.2 Å². The Morgan fingerprint density at radius 3 is 2.82 bits per heavy atom. The summed E-state index contributed by atoms with van der Waals surface area (Å²) in [5.41, 5.74) is 6.04. The summed E-state index contributed by atoms with van der Waals surface area (Å²) in [7, 11) is 1.94. The fourth-order valence-corrected chi connectivity index (χ4v) is 6.61. The zero-order chi connectivity index (χ0) is 19.5. The maximum atomic E-state index is 12.4. The molecule has 0 radical (unpaired) electrons. The van der Waals surface area contributed by atoms with E-state index >= 15 is 0 Å². The lowest BCUT2D eigenvalue weighted by Crippen LogP contribution is -2.46. The number of nitrogens with zero attached hydrogens (tertiary/aromatic N) is 2. The molecule has 3 nitrogen and oxygen atoms in total. The molecule has 2 fully saturated rings. The van der Waals surface area contributed by atoms with Gasteiger partial charge >= 0.3 is 0 Å². The summed E-state index contributed by atoms with van der Waals surface area (Å²) in [5, 5.41) is 0. The van der Waals surface area contributed by atoms with E-state index in [-0.39, 0.29) is 16.7 Å². The summed E-state index contributed by atoms with van der Waals surface area (Å²) >= 11 is 0. The lowest BCUT2D eigenvalue weighted by molar-refractivity contribution is -0.124. The number of carbonyl (C=O) groups excluding carboxylic acids is 1. The first-order chi connectivity index (χ1) is 13.4. The zero-order valence-electron chi connectivity index (χ0n) is 17.2. The van der Waals surface area contributed by atoms with Gasteiger partial charge in [-0.3, -0.25) is 9.78 Å². The fraction of sp³-hybridized carbons (Fsp3) is 0.520. The van der Waals surface area contributed by atoms with Crippen molar-refractivity contribution in [3.63, 3.8) is 0 Å². The molecule has 4 atom stereocenters. The molecule has 146 valence electrons. The SMILES string of the molecule is CN1CCC2(C)C(=CC1=O)CCC1C3=CC=C(c4cccnc4)C3(C)CCC12. The molecule has 1 amide bonds. The summed E-state index contributed by atoms with van der Waals surface area (Å²) in [6.07, 6.45) is 16.4. The number of pyridine rings is 1. The van der Waals surface area contributed by atoms with Gasteiger partial charge in [0.15, 0.2) is 0 Å². The second-order valence-electron chi connectivity index (χ2n) is 9.66. The van der Waals surface area contributed by atoms with Crippen LogP contribution in [0.2, 0.25) is 0 Å². The highest BCUT2D eigenvalue weighted by molar-refractivity contribution is 5.88. The van der Waals surface area contributed by atoms with E-state index in [4.69, 9.17) is 0 Å². The minimum Gasteiger partial charge on any atom is -0.342 e. The first-order valence-corrected chi connectivity index (χ1v) is 10.7. The van der Waals surface area contributed by atoms with Crippen LogP contribution in [0.25, 0.3) is 5.57 Å². The second kappa shape index (κ2) is 6.17. The molecule has 0 spiro atoms. The van der Waals surface area contributed by atoms with Crippen molar-refractivity contribution in [3.05, 3.63) is 59.5 Å². The fourth-order valence-electron chi connectivity index (χ4n) is 6.61. The standard InChI is InChI=1S/C25H30N2O/c1-24-12-14-27(3)23(28)15-18(24)6-7-19-21-9-8-20(17-5-4-13-26-16-17)25(21,2)11-10-22(19)24/h4-5,8-9,13,15-16,19,22H,6-7,10-12,14H2,1-3H3. The number of rotatable bonds is 1. The summed E-state index contributed by atoms with van der Waals surface area (Å²) in [5.74, 6) is 1.47. The van der Waals surface area contributed by atoms with Gasteiger partial charge in [0.2, 0.25) is 5.91 Å². The summed E-state index contributed by atoms with van der Waals surface area (Å²) in [4.78, 5) is 18.7. The van der Waals surface area contributed by atoms with E-state index in [2.05, 4.69) is 37.0 Å². The number of carbonyl (C=O) groups is 1. The maximum Gasteiger partial charge on any atom is 0.246 e. The third-order valence-corrected chi connectivity index (χ3v) is 8.39. The zero-order valence-corrected chi connectivity index (χ0v) is 17.2. The minimum atomic E-state index is 0.138. The molecule has 0 aromatic carbocycles. The Hall–Kier alpha value is -2.16. The number of amides is 1. The molecule has 28 heavy (non-hydrogen) atoms. The highest BCUT2D eigenvalue weighted by Crippen LogP contribution is 2.64. The molecule has 0 bridgehead atoms. The molecule has 3 aliphatic carbocycles. The van der Waals surface area contributed by atoms with Gasteiger partial charge < -0.3 is 4.90 Å². The largest absolute Gasteiger partial charge is 0.342 e.